The molecule has 10 nitrogen and oxygen atoms in total. The topological polar surface area (TPSA) is 119 Å². The highest BCUT2D eigenvalue weighted by Gasteiger charge is 2.22. The van der Waals surface area contributed by atoms with Crippen LogP contribution < -0.4 is 5.32 Å². The third-order valence-electron chi connectivity index (χ3n) is 5.38. The summed E-state index contributed by atoms with van der Waals surface area (Å²) in [5.41, 5.74) is 2.00. The molecular formula is C22H22FN9O. The van der Waals surface area contributed by atoms with E-state index in [0.717, 1.165) is 11.1 Å². The monoisotopic (exact) mass is 447 g/mol. The minimum Gasteiger partial charge on any atom is -0.377 e. The third kappa shape index (κ3) is 4.38. The van der Waals surface area contributed by atoms with Gasteiger partial charge in [-0.3, -0.25) is 0 Å². The summed E-state index contributed by atoms with van der Waals surface area (Å²) >= 11 is 0. The number of nitriles is 1. The van der Waals surface area contributed by atoms with Gasteiger partial charge in [0.1, 0.15) is 17.4 Å². The Morgan fingerprint density at radius 2 is 2.09 bits per heavy atom. The van der Waals surface area contributed by atoms with Crippen molar-refractivity contribution in [2.45, 2.75) is 38.4 Å². The van der Waals surface area contributed by atoms with E-state index in [1.165, 1.54) is 6.20 Å². The van der Waals surface area contributed by atoms with Crippen molar-refractivity contribution < 1.29 is 9.13 Å². The highest BCUT2D eigenvalue weighted by Crippen LogP contribution is 2.26. The van der Waals surface area contributed by atoms with Gasteiger partial charge in [0.2, 0.25) is 0 Å². The lowest BCUT2D eigenvalue weighted by atomic mass is 10.0. The van der Waals surface area contributed by atoms with Crippen LogP contribution in [0, 0.1) is 11.3 Å². The molecule has 5 rings (SSSR count). The van der Waals surface area contributed by atoms with Crippen LogP contribution in [0.25, 0.3) is 22.5 Å². The van der Waals surface area contributed by atoms with Gasteiger partial charge in [0, 0.05) is 17.6 Å². The molecule has 11 heteroatoms. The lowest BCUT2D eigenvalue weighted by Gasteiger charge is -2.28. The van der Waals surface area contributed by atoms with Crippen molar-refractivity contribution in [2.75, 3.05) is 18.5 Å². The number of nitrogens with one attached hydrogen (secondary N) is 1. The molecule has 0 unspecified atom stereocenters. The molecule has 1 saturated heterocycles. The predicted molar refractivity (Wildman–Crippen MR) is 118 cm³/mol. The van der Waals surface area contributed by atoms with Crippen molar-refractivity contribution in [1.82, 2.24) is 34.7 Å². The molecule has 168 valence electrons. The average molecular weight is 447 g/mol. The van der Waals surface area contributed by atoms with Crippen LogP contribution in [0.15, 0.2) is 36.9 Å². The van der Waals surface area contributed by atoms with Crippen molar-refractivity contribution >= 4 is 16.7 Å². The first-order chi connectivity index (χ1) is 15.9. The molecule has 5 heterocycles. The number of ether oxygens (including phenoxy) is 1. The van der Waals surface area contributed by atoms with Gasteiger partial charge < -0.3 is 10.1 Å². The highest BCUT2D eigenvalue weighted by molar-refractivity contribution is 5.77. The number of fused-ring (bicyclic) bond motifs is 1. The summed E-state index contributed by atoms with van der Waals surface area (Å²) in [6.07, 6.45) is 7.49. The van der Waals surface area contributed by atoms with Crippen molar-refractivity contribution in [3.8, 4) is 17.6 Å². The molecule has 0 atom stereocenters. The Balaban J connectivity index is 1.50. The van der Waals surface area contributed by atoms with Crippen molar-refractivity contribution in [2.24, 2.45) is 0 Å². The number of alkyl halides is 1. The largest absolute Gasteiger partial charge is 0.377 e. The zero-order valence-electron chi connectivity index (χ0n) is 18.2. The highest BCUT2D eigenvalue weighted by atomic mass is 19.1. The number of anilines is 1. The lowest BCUT2D eigenvalue weighted by Crippen LogP contribution is -2.40. The molecule has 1 aliphatic rings. The molecule has 4 aromatic rings. The summed E-state index contributed by atoms with van der Waals surface area (Å²) in [7, 11) is 0. The van der Waals surface area contributed by atoms with Gasteiger partial charge in [-0.1, -0.05) is 5.21 Å². The summed E-state index contributed by atoms with van der Waals surface area (Å²) < 4.78 is 22.4. The number of rotatable bonds is 7. The molecule has 1 fully saturated rings. The molecule has 1 N–H and O–H groups in total. The van der Waals surface area contributed by atoms with E-state index in [1.807, 2.05) is 6.07 Å². The number of nitrogens with zero attached hydrogens (tertiary/aromatic N) is 8. The van der Waals surface area contributed by atoms with E-state index in [2.05, 4.69) is 36.8 Å². The predicted octanol–water partition coefficient (Wildman–Crippen LogP) is 2.76. The second-order valence-electron chi connectivity index (χ2n) is 8.62. The Labute approximate surface area is 189 Å². The van der Waals surface area contributed by atoms with Gasteiger partial charge in [-0.2, -0.15) is 15.0 Å². The molecule has 0 radical (unpaired) electrons. The van der Waals surface area contributed by atoms with Crippen LogP contribution in [-0.2, 0) is 11.2 Å². The zero-order chi connectivity index (χ0) is 23.0. The standard InChI is InChI=1S/C22H22FN9O/c1-22(2,23)4-3-16-11-31(30-29-16)19-10-25-20(6-18(19)28-17-12-33-13-17)32-21-15(9-27-32)5-14(7-24)8-26-21/h5-6,8-11,17H,3-4,12-13H2,1-2H3,(H,25,28). The molecule has 0 spiro atoms. The number of hydrogen-bond acceptors (Lipinski definition) is 8. The minimum atomic E-state index is -1.27. The summed E-state index contributed by atoms with van der Waals surface area (Å²) in [6.45, 7) is 4.32. The van der Waals surface area contributed by atoms with Crippen LogP contribution >= 0.6 is 0 Å². The number of pyridine rings is 2. The van der Waals surface area contributed by atoms with Gasteiger partial charge in [0.15, 0.2) is 11.5 Å². The molecule has 0 amide bonds. The summed E-state index contributed by atoms with van der Waals surface area (Å²) in [5, 5.41) is 26.1. The normalized spacial score (nSPS) is 14.2. The fraction of sp³-hybridized carbons (Fsp3) is 0.364. The van der Waals surface area contributed by atoms with Crippen molar-refractivity contribution in [3.05, 3.63) is 48.2 Å². The molecule has 33 heavy (non-hydrogen) atoms. The van der Waals surface area contributed by atoms with Crippen LogP contribution in [0.1, 0.15) is 31.5 Å². The van der Waals surface area contributed by atoms with E-state index in [4.69, 9.17) is 10.00 Å². The Morgan fingerprint density at radius 3 is 2.82 bits per heavy atom. The maximum Gasteiger partial charge on any atom is 0.164 e. The van der Waals surface area contributed by atoms with Crippen LogP contribution in [0.5, 0.6) is 0 Å². The van der Waals surface area contributed by atoms with E-state index in [9.17, 15) is 4.39 Å². The van der Waals surface area contributed by atoms with Crippen LogP contribution in [-0.4, -0.2) is 59.7 Å². The zero-order valence-corrected chi connectivity index (χ0v) is 18.2. The Kier molecular flexibility index (Phi) is 5.22. The van der Waals surface area contributed by atoms with Crippen LogP contribution in [0.2, 0.25) is 0 Å². The Morgan fingerprint density at radius 1 is 1.24 bits per heavy atom. The second-order valence-corrected chi connectivity index (χ2v) is 8.62. The van der Waals surface area contributed by atoms with E-state index < -0.39 is 5.67 Å². The minimum absolute atomic E-state index is 0.167. The van der Waals surface area contributed by atoms with Gasteiger partial charge >= 0.3 is 0 Å². The molecule has 4 aromatic heterocycles. The molecule has 0 aromatic carbocycles. The first-order valence-electron chi connectivity index (χ1n) is 10.6. The van der Waals surface area contributed by atoms with Crippen LogP contribution in [0.4, 0.5) is 10.1 Å². The first kappa shape index (κ1) is 21.0. The van der Waals surface area contributed by atoms with Crippen LogP contribution in [0.3, 0.4) is 0 Å². The van der Waals surface area contributed by atoms with Gasteiger partial charge in [-0.25, -0.2) is 19.0 Å². The Bertz CT molecular complexity index is 1340. The second kappa shape index (κ2) is 8.22. The molecule has 0 aliphatic carbocycles. The number of halogens is 1. The molecule has 0 saturated carbocycles. The summed E-state index contributed by atoms with van der Waals surface area (Å²) in [5.74, 6) is 0.563. The fourth-order valence-corrected chi connectivity index (χ4v) is 3.50. The first-order valence-corrected chi connectivity index (χ1v) is 10.6. The Hall–Kier alpha value is -3.91. The number of hydrogen-bond donors (Lipinski definition) is 1. The smallest absolute Gasteiger partial charge is 0.164 e. The molecule has 0 bridgehead atoms. The fourth-order valence-electron chi connectivity index (χ4n) is 3.50. The molecule has 1 aliphatic heterocycles. The average Bonchev–Trinajstić information content (AvgIpc) is 3.41. The van der Waals surface area contributed by atoms with Gasteiger partial charge in [-0.15, -0.1) is 5.10 Å². The van der Waals surface area contributed by atoms with E-state index in [-0.39, 0.29) is 6.04 Å². The van der Waals surface area contributed by atoms with Crippen molar-refractivity contribution in [1.29, 1.82) is 5.26 Å². The van der Waals surface area contributed by atoms with Gasteiger partial charge in [0.05, 0.1) is 54.8 Å². The number of aromatic nitrogens is 7. The van der Waals surface area contributed by atoms with E-state index in [0.29, 0.717) is 54.5 Å². The van der Waals surface area contributed by atoms with Gasteiger partial charge in [-0.05, 0) is 32.8 Å². The third-order valence-corrected chi connectivity index (χ3v) is 5.38. The van der Waals surface area contributed by atoms with Crippen molar-refractivity contribution in [3.63, 3.8) is 0 Å². The SMILES string of the molecule is CC(C)(F)CCc1cn(-c2cnc(-n3ncc4cc(C#N)cnc43)cc2NC2COC2)nn1. The van der Waals surface area contributed by atoms with Gasteiger partial charge in [0.25, 0.3) is 0 Å². The summed E-state index contributed by atoms with van der Waals surface area (Å²) in [6, 6.07) is 5.85. The quantitative estimate of drug-likeness (QED) is 0.459. The maximum absolute atomic E-state index is 13.9. The lowest BCUT2D eigenvalue weighted by molar-refractivity contribution is 0.0211. The number of aryl methyl sites for hydroxylation is 1. The maximum atomic E-state index is 13.9. The van der Waals surface area contributed by atoms with E-state index >= 15 is 0 Å². The van der Waals surface area contributed by atoms with E-state index in [1.54, 1.807) is 47.9 Å². The molecular weight excluding hydrogens is 425 g/mol. The summed E-state index contributed by atoms with van der Waals surface area (Å²) in [4.78, 5) is 8.94.